The number of amides is 2. The minimum absolute atomic E-state index is 0.0161. The number of hydrogen-bond acceptors (Lipinski definition) is 2. The molecule has 1 N–H and O–H groups in total. The predicted molar refractivity (Wildman–Crippen MR) is 144 cm³/mol. The molecule has 0 saturated heterocycles. The van der Waals surface area contributed by atoms with E-state index in [4.69, 9.17) is 0 Å². The number of hydrogen-bond donors (Lipinski definition) is 1. The second-order valence-electron chi connectivity index (χ2n) is 8.78. The molecular weight excluding hydrogens is 521 g/mol. The molecule has 0 aliphatic heterocycles. The zero-order valence-electron chi connectivity index (χ0n) is 20.2. The molecule has 4 rings (SSSR count). The molecule has 7 heteroatoms. The van der Waals surface area contributed by atoms with Crippen molar-refractivity contribution in [3.8, 4) is 0 Å². The van der Waals surface area contributed by atoms with Gasteiger partial charge in [0.2, 0.25) is 5.91 Å². The Kier molecular flexibility index (Phi) is 8.54. The van der Waals surface area contributed by atoms with Gasteiger partial charge in [0.25, 0.3) is 5.91 Å². The van der Waals surface area contributed by atoms with E-state index in [1.54, 1.807) is 34.1 Å². The average Bonchev–Trinajstić information content (AvgIpc) is 3.30. The van der Waals surface area contributed by atoms with Crippen molar-refractivity contribution in [3.05, 3.63) is 106 Å². The number of fused-ring (bicyclic) bond motifs is 1. The van der Waals surface area contributed by atoms with E-state index in [0.717, 1.165) is 32.9 Å². The minimum Gasteiger partial charge on any atom is -0.361 e. The molecule has 0 radical (unpaired) electrons. The summed E-state index contributed by atoms with van der Waals surface area (Å²) >= 11 is 3.39. The van der Waals surface area contributed by atoms with Crippen LogP contribution in [0.3, 0.4) is 0 Å². The second kappa shape index (κ2) is 12.0. The van der Waals surface area contributed by atoms with Crippen molar-refractivity contribution in [1.82, 2.24) is 14.8 Å². The quantitative estimate of drug-likeness (QED) is 0.256. The van der Waals surface area contributed by atoms with Crippen molar-refractivity contribution < 1.29 is 14.0 Å². The van der Waals surface area contributed by atoms with Crippen LogP contribution >= 0.6 is 15.9 Å². The van der Waals surface area contributed by atoms with Gasteiger partial charge in [-0.05, 0) is 66.4 Å². The molecule has 0 spiro atoms. The van der Waals surface area contributed by atoms with Crippen LogP contribution in [-0.4, -0.2) is 46.2 Å². The standard InChI is InChI=1S/C29H29BrFN3O2/c1-2-16-34(29(36)22-9-11-24(30)12-10-22)20-28(35)33(19-21-7-13-25(31)14-8-21)17-15-23-18-32-27-6-4-3-5-26(23)27/h3-14,18,32H,2,15-17,19-20H2,1H3. The fraction of sp³-hybridized carbons (Fsp3) is 0.241. The lowest BCUT2D eigenvalue weighted by molar-refractivity contribution is -0.132. The third kappa shape index (κ3) is 6.40. The normalized spacial score (nSPS) is 11.0. The minimum atomic E-state index is -0.315. The van der Waals surface area contributed by atoms with Crippen molar-refractivity contribution in [2.45, 2.75) is 26.3 Å². The number of aromatic nitrogens is 1. The maximum atomic E-state index is 13.6. The van der Waals surface area contributed by atoms with E-state index >= 15 is 0 Å². The lowest BCUT2D eigenvalue weighted by Crippen LogP contribution is -2.43. The number of carbonyl (C=O) groups excluding carboxylic acids is 2. The molecule has 36 heavy (non-hydrogen) atoms. The Morgan fingerprint density at radius 1 is 0.917 bits per heavy atom. The number of carbonyl (C=O) groups is 2. The molecule has 0 aliphatic carbocycles. The van der Waals surface area contributed by atoms with Crippen LogP contribution in [0.4, 0.5) is 4.39 Å². The lowest BCUT2D eigenvalue weighted by Gasteiger charge is -2.28. The number of halogens is 2. The van der Waals surface area contributed by atoms with Gasteiger partial charge in [-0.2, -0.15) is 0 Å². The third-order valence-electron chi connectivity index (χ3n) is 6.16. The Labute approximate surface area is 219 Å². The van der Waals surface area contributed by atoms with E-state index < -0.39 is 0 Å². The highest BCUT2D eigenvalue weighted by atomic mass is 79.9. The molecule has 0 atom stereocenters. The van der Waals surface area contributed by atoms with Gasteiger partial charge < -0.3 is 14.8 Å². The number of aromatic amines is 1. The van der Waals surface area contributed by atoms with Gasteiger partial charge in [-0.3, -0.25) is 9.59 Å². The highest BCUT2D eigenvalue weighted by Crippen LogP contribution is 2.19. The molecule has 4 aromatic rings. The van der Waals surface area contributed by atoms with Gasteiger partial charge in [-0.15, -0.1) is 0 Å². The van der Waals surface area contributed by atoms with E-state index in [2.05, 4.69) is 27.0 Å². The molecule has 3 aromatic carbocycles. The van der Waals surface area contributed by atoms with E-state index in [-0.39, 0.29) is 24.2 Å². The topological polar surface area (TPSA) is 56.4 Å². The summed E-state index contributed by atoms with van der Waals surface area (Å²) < 4.78 is 14.4. The second-order valence-corrected chi connectivity index (χ2v) is 9.70. The van der Waals surface area contributed by atoms with Gasteiger partial charge in [0, 0.05) is 46.8 Å². The van der Waals surface area contributed by atoms with E-state index in [9.17, 15) is 14.0 Å². The summed E-state index contributed by atoms with van der Waals surface area (Å²) in [6.45, 7) is 3.27. The van der Waals surface area contributed by atoms with Crippen LogP contribution in [0.25, 0.3) is 10.9 Å². The van der Waals surface area contributed by atoms with E-state index in [0.29, 0.717) is 31.6 Å². The van der Waals surface area contributed by atoms with Gasteiger partial charge in [-0.25, -0.2) is 4.39 Å². The fourth-order valence-electron chi connectivity index (χ4n) is 4.26. The van der Waals surface area contributed by atoms with Gasteiger partial charge in [0.1, 0.15) is 12.4 Å². The SMILES string of the molecule is CCCN(CC(=O)N(CCc1c[nH]c2ccccc12)Cc1ccc(F)cc1)C(=O)c1ccc(Br)cc1. The van der Waals surface area contributed by atoms with Gasteiger partial charge in [0.15, 0.2) is 0 Å². The fourth-order valence-corrected chi connectivity index (χ4v) is 4.52. The molecule has 0 aliphatic rings. The summed E-state index contributed by atoms with van der Waals surface area (Å²) in [7, 11) is 0. The van der Waals surface area contributed by atoms with E-state index in [1.807, 2.05) is 43.5 Å². The number of benzene rings is 3. The number of H-pyrrole nitrogens is 1. The number of nitrogens with zero attached hydrogens (tertiary/aromatic N) is 2. The lowest BCUT2D eigenvalue weighted by atomic mass is 10.1. The zero-order chi connectivity index (χ0) is 25.5. The van der Waals surface area contributed by atoms with Crippen molar-refractivity contribution in [3.63, 3.8) is 0 Å². The molecular formula is C29H29BrFN3O2. The molecule has 0 bridgehead atoms. The Balaban J connectivity index is 1.53. The highest BCUT2D eigenvalue weighted by molar-refractivity contribution is 9.10. The first-order valence-corrected chi connectivity index (χ1v) is 12.9. The summed E-state index contributed by atoms with van der Waals surface area (Å²) in [5.74, 6) is -0.626. The largest absolute Gasteiger partial charge is 0.361 e. The van der Waals surface area contributed by atoms with Crippen LogP contribution in [-0.2, 0) is 17.8 Å². The highest BCUT2D eigenvalue weighted by Gasteiger charge is 2.22. The van der Waals surface area contributed by atoms with E-state index in [1.165, 1.54) is 12.1 Å². The zero-order valence-corrected chi connectivity index (χ0v) is 21.8. The summed E-state index contributed by atoms with van der Waals surface area (Å²) in [5.41, 5.74) is 3.56. The summed E-state index contributed by atoms with van der Waals surface area (Å²) in [6, 6.07) is 21.4. The first kappa shape index (κ1) is 25.6. The number of rotatable bonds is 10. The number of para-hydroxylation sites is 1. The molecule has 1 aromatic heterocycles. The number of nitrogens with one attached hydrogen (secondary N) is 1. The van der Waals surface area contributed by atoms with Crippen LogP contribution in [0.2, 0.25) is 0 Å². The van der Waals surface area contributed by atoms with Crippen LogP contribution in [0.15, 0.2) is 83.5 Å². The summed E-state index contributed by atoms with van der Waals surface area (Å²) in [6.07, 6.45) is 3.37. The summed E-state index contributed by atoms with van der Waals surface area (Å²) in [4.78, 5) is 33.4. The smallest absolute Gasteiger partial charge is 0.254 e. The van der Waals surface area contributed by atoms with Crippen molar-refractivity contribution >= 4 is 38.6 Å². The van der Waals surface area contributed by atoms with Crippen molar-refractivity contribution in [2.24, 2.45) is 0 Å². The monoisotopic (exact) mass is 549 g/mol. The molecule has 186 valence electrons. The Morgan fingerprint density at radius 3 is 2.36 bits per heavy atom. The third-order valence-corrected chi connectivity index (χ3v) is 6.69. The predicted octanol–water partition coefficient (Wildman–Crippen LogP) is 6.19. The van der Waals surface area contributed by atoms with Gasteiger partial charge >= 0.3 is 0 Å². The van der Waals surface area contributed by atoms with Crippen LogP contribution in [0, 0.1) is 5.82 Å². The maximum Gasteiger partial charge on any atom is 0.254 e. The average molecular weight is 550 g/mol. The van der Waals surface area contributed by atoms with Gasteiger partial charge in [0.05, 0.1) is 0 Å². The van der Waals surface area contributed by atoms with Crippen molar-refractivity contribution in [2.75, 3.05) is 19.6 Å². The molecule has 0 saturated carbocycles. The molecule has 5 nitrogen and oxygen atoms in total. The molecule has 0 unspecified atom stereocenters. The Hall–Kier alpha value is -3.45. The van der Waals surface area contributed by atoms with Crippen LogP contribution in [0.1, 0.15) is 34.8 Å². The Morgan fingerprint density at radius 2 is 1.64 bits per heavy atom. The Bertz CT molecular complexity index is 1320. The molecule has 1 heterocycles. The first-order valence-electron chi connectivity index (χ1n) is 12.1. The van der Waals surface area contributed by atoms with Gasteiger partial charge in [-0.1, -0.05) is 53.2 Å². The van der Waals surface area contributed by atoms with Crippen molar-refractivity contribution in [1.29, 1.82) is 0 Å². The molecule has 2 amide bonds. The summed E-state index contributed by atoms with van der Waals surface area (Å²) in [5, 5.41) is 1.13. The maximum absolute atomic E-state index is 13.6. The molecule has 0 fully saturated rings. The van der Waals surface area contributed by atoms with Crippen LogP contribution in [0.5, 0.6) is 0 Å². The van der Waals surface area contributed by atoms with Crippen LogP contribution < -0.4 is 0 Å². The first-order chi connectivity index (χ1) is 17.4.